The Morgan fingerprint density at radius 3 is 2.53 bits per heavy atom. The first-order chi connectivity index (χ1) is 15.4. The van der Waals surface area contributed by atoms with Crippen molar-refractivity contribution in [3.63, 3.8) is 0 Å². The van der Waals surface area contributed by atoms with Gasteiger partial charge >= 0.3 is 5.97 Å². The minimum Gasteiger partial charge on any atom is -0.497 e. The first-order valence-electron chi connectivity index (χ1n) is 9.51. The second kappa shape index (κ2) is 10.4. The summed E-state index contributed by atoms with van der Waals surface area (Å²) in [5.74, 6) is 0.297. The number of esters is 1. The maximum Gasteiger partial charge on any atom is 0.325 e. The zero-order valence-corrected chi connectivity index (χ0v) is 19.9. The van der Waals surface area contributed by atoms with Gasteiger partial charge in [0.25, 0.3) is 5.91 Å². The van der Waals surface area contributed by atoms with Crippen molar-refractivity contribution in [3.05, 3.63) is 70.9 Å². The molecule has 0 radical (unpaired) electrons. The quantitative estimate of drug-likeness (QED) is 0.225. The van der Waals surface area contributed by atoms with Crippen LogP contribution >= 0.6 is 28.1 Å². The van der Waals surface area contributed by atoms with E-state index in [0.29, 0.717) is 29.4 Å². The number of anilines is 1. The fraction of sp³-hybridized carbons (Fsp3) is 0.174. The van der Waals surface area contributed by atoms with E-state index in [1.165, 1.54) is 16.9 Å². The van der Waals surface area contributed by atoms with Crippen LogP contribution in [0.5, 0.6) is 11.5 Å². The zero-order valence-electron chi connectivity index (χ0n) is 17.5. The highest BCUT2D eigenvalue weighted by atomic mass is 79.9. The molecule has 0 spiro atoms. The molecule has 1 fully saturated rings. The molecule has 1 heterocycles. The Hall–Kier alpha value is -3.17. The van der Waals surface area contributed by atoms with E-state index in [-0.39, 0.29) is 23.3 Å². The Morgan fingerprint density at radius 1 is 1.19 bits per heavy atom. The third-order valence-corrected chi connectivity index (χ3v) is 5.50. The lowest BCUT2D eigenvalue weighted by Crippen LogP contribution is -2.35. The van der Waals surface area contributed by atoms with Crippen LogP contribution in [0.2, 0.25) is 0 Å². The number of hydrogen-bond acceptors (Lipinski definition) is 6. The highest BCUT2D eigenvalue weighted by Crippen LogP contribution is 2.32. The molecule has 1 saturated heterocycles. The van der Waals surface area contributed by atoms with Gasteiger partial charge in [-0.25, -0.2) is 0 Å². The third kappa shape index (κ3) is 5.00. The highest BCUT2D eigenvalue weighted by molar-refractivity contribution is 9.10. The maximum atomic E-state index is 13.4. The number of benzene rings is 2. The minimum atomic E-state index is -0.528. The Kier molecular flexibility index (Phi) is 7.66. The molecule has 0 aliphatic carbocycles. The molecule has 1 aliphatic rings. The van der Waals surface area contributed by atoms with E-state index in [9.17, 15) is 9.59 Å². The van der Waals surface area contributed by atoms with Crippen LogP contribution in [-0.4, -0.2) is 49.3 Å². The van der Waals surface area contributed by atoms with E-state index in [4.69, 9.17) is 26.4 Å². The van der Waals surface area contributed by atoms with Gasteiger partial charge in [0.05, 0.1) is 19.9 Å². The van der Waals surface area contributed by atoms with Gasteiger partial charge in [-0.1, -0.05) is 28.6 Å². The number of halogens is 1. The molecular weight excluding hydrogens is 496 g/mol. The van der Waals surface area contributed by atoms with Crippen molar-refractivity contribution < 1.29 is 23.8 Å². The molecule has 2 aromatic rings. The van der Waals surface area contributed by atoms with Crippen molar-refractivity contribution in [2.45, 2.75) is 0 Å². The molecule has 2 aromatic carbocycles. The molecule has 166 valence electrons. The number of hydrogen-bond donors (Lipinski definition) is 0. The van der Waals surface area contributed by atoms with Crippen molar-refractivity contribution in [2.75, 3.05) is 32.3 Å². The second-order valence-corrected chi connectivity index (χ2v) is 7.88. The molecule has 0 aromatic heterocycles. The number of carbonyl (C=O) groups is 2. The summed E-state index contributed by atoms with van der Waals surface area (Å²) in [6, 6.07) is 12.3. The SMILES string of the molecule is C=CCOc1ccc(Br)cc1/C=C1/C(=O)N(c2ccc(OC)cc2)C(=S)N1CC(=O)OC. The fourth-order valence-electron chi connectivity index (χ4n) is 3.05. The van der Waals surface area contributed by atoms with E-state index in [1.807, 2.05) is 12.1 Å². The average Bonchev–Trinajstić information content (AvgIpc) is 3.02. The van der Waals surface area contributed by atoms with Gasteiger partial charge in [-0.3, -0.25) is 14.5 Å². The summed E-state index contributed by atoms with van der Waals surface area (Å²) >= 11 is 9.01. The summed E-state index contributed by atoms with van der Waals surface area (Å²) in [6.45, 7) is 3.75. The van der Waals surface area contributed by atoms with Crippen LogP contribution in [-0.2, 0) is 14.3 Å². The van der Waals surface area contributed by atoms with E-state index in [2.05, 4.69) is 22.5 Å². The summed E-state index contributed by atoms with van der Waals surface area (Å²) in [5.41, 5.74) is 1.41. The lowest BCUT2D eigenvalue weighted by molar-refractivity contribution is -0.140. The fourth-order valence-corrected chi connectivity index (χ4v) is 3.78. The standard InChI is InChI=1S/C23H21BrN2O5S/c1-4-11-31-20-10-5-16(24)12-15(20)13-19-22(28)26(17-6-8-18(29-2)9-7-17)23(32)25(19)14-21(27)30-3/h4-10,12-13H,1,11,14H2,2-3H3/b19-13-. The highest BCUT2D eigenvalue weighted by Gasteiger charge is 2.40. The molecule has 1 amide bonds. The normalized spacial score (nSPS) is 14.7. The van der Waals surface area contributed by atoms with Gasteiger partial charge in [0.15, 0.2) is 5.11 Å². The first-order valence-corrected chi connectivity index (χ1v) is 10.7. The van der Waals surface area contributed by atoms with Crippen molar-refractivity contribution in [3.8, 4) is 11.5 Å². The number of carbonyl (C=O) groups excluding carboxylic acids is 2. The van der Waals surface area contributed by atoms with Gasteiger partial charge in [0.2, 0.25) is 0 Å². The molecule has 0 atom stereocenters. The molecule has 1 aliphatic heterocycles. The van der Waals surface area contributed by atoms with Crippen LogP contribution in [0.1, 0.15) is 5.56 Å². The Morgan fingerprint density at radius 2 is 1.91 bits per heavy atom. The summed E-state index contributed by atoms with van der Waals surface area (Å²) in [5, 5.41) is 0.167. The van der Waals surface area contributed by atoms with Gasteiger partial charge < -0.3 is 19.1 Å². The van der Waals surface area contributed by atoms with Gasteiger partial charge in [-0.15, -0.1) is 0 Å². The van der Waals surface area contributed by atoms with Gasteiger partial charge in [0.1, 0.15) is 30.3 Å². The van der Waals surface area contributed by atoms with Crippen LogP contribution in [0.15, 0.2) is 65.3 Å². The minimum absolute atomic E-state index is 0.167. The number of methoxy groups -OCH3 is 2. The van der Waals surface area contributed by atoms with E-state index in [1.54, 1.807) is 49.6 Å². The van der Waals surface area contributed by atoms with Crippen LogP contribution in [0.25, 0.3) is 6.08 Å². The molecule has 0 N–H and O–H groups in total. The van der Waals surface area contributed by atoms with Gasteiger partial charge in [-0.05, 0) is 60.8 Å². The molecular formula is C23H21BrN2O5S. The number of amides is 1. The maximum absolute atomic E-state index is 13.4. The molecule has 0 saturated carbocycles. The molecule has 32 heavy (non-hydrogen) atoms. The van der Waals surface area contributed by atoms with Crippen molar-refractivity contribution in [2.24, 2.45) is 0 Å². The summed E-state index contributed by atoms with van der Waals surface area (Å²) in [6.07, 6.45) is 3.27. The van der Waals surface area contributed by atoms with Crippen LogP contribution in [0, 0.1) is 0 Å². The van der Waals surface area contributed by atoms with Gasteiger partial charge in [-0.2, -0.15) is 0 Å². The topological polar surface area (TPSA) is 68.3 Å². The predicted molar refractivity (Wildman–Crippen MR) is 130 cm³/mol. The zero-order chi connectivity index (χ0) is 23.3. The van der Waals surface area contributed by atoms with Crippen molar-refractivity contribution >= 4 is 56.9 Å². The molecule has 9 heteroatoms. The number of nitrogens with zero attached hydrogens (tertiary/aromatic N) is 2. The van der Waals surface area contributed by atoms with Crippen molar-refractivity contribution in [1.29, 1.82) is 0 Å². The average molecular weight is 517 g/mol. The first kappa shape index (κ1) is 23.5. The largest absolute Gasteiger partial charge is 0.497 e. The molecule has 0 bridgehead atoms. The third-order valence-electron chi connectivity index (χ3n) is 4.60. The lowest BCUT2D eigenvalue weighted by atomic mass is 10.1. The van der Waals surface area contributed by atoms with E-state index < -0.39 is 5.97 Å². The van der Waals surface area contributed by atoms with E-state index in [0.717, 1.165) is 4.47 Å². The smallest absolute Gasteiger partial charge is 0.325 e. The Bertz CT molecular complexity index is 1080. The Balaban J connectivity index is 2.08. The lowest BCUT2D eigenvalue weighted by Gasteiger charge is -2.19. The molecule has 3 rings (SSSR count). The summed E-state index contributed by atoms with van der Waals surface area (Å²) in [4.78, 5) is 28.3. The van der Waals surface area contributed by atoms with Crippen LogP contribution in [0.4, 0.5) is 5.69 Å². The summed E-state index contributed by atoms with van der Waals surface area (Å²) in [7, 11) is 2.84. The van der Waals surface area contributed by atoms with Gasteiger partial charge in [0, 0.05) is 10.0 Å². The van der Waals surface area contributed by atoms with E-state index >= 15 is 0 Å². The number of rotatable bonds is 8. The van der Waals surface area contributed by atoms with Crippen LogP contribution < -0.4 is 14.4 Å². The number of ether oxygens (including phenoxy) is 3. The van der Waals surface area contributed by atoms with Crippen molar-refractivity contribution in [1.82, 2.24) is 4.90 Å². The Labute approximate surface area is 200 Å². The molecule has 0 unspecified atom stereocenters. The monoisotopic (exact) mass is 516 g/mol. The second-order valence-electron chi connectivity index (χ2n) is 6.59. The van der Waals surface area contributed by atoms with Crippen LogP contribution in [0.3, 0.4) is 0 Å². The predicted octanol–water partition coefficient (Wildman–Crippen LogP) is 4.17. The number of thiocarbonyl (C=S) groups is 1. The molecule has 7 nitrogen and oxygen atoms in total. The summed E-state index contributed by atoms with van der Waals surface area (Å²) < 4.78 is 16.5.